The number of alkyl halides is 3. The molecule has 2 aliphatic heterocycles. The molecule has 3 rings (SSSR count). The van der Waals surface area contributed by atoms with Gasteiger partial charge in [0.2, 0.25) is 5.91 Å². The summed E-state index contributed by atoms with van der Waals surface area (Å²) < 4.78 is 37.7. The molecule has 1 aromatic rings. The second-order valence-electron chi connectivity index (χ2n) is 5.91. The SMILES string of the molecule is O=C1CN(C(=O)Nc2cccc3c2CN(CC(F)(F)F)C3)CCN1. The van der Waals surface area contributed by atoms with Crippen molar-refractivity contribution < 1.29 is 22.8 Å². The maximum Gasteiger partial charge on any atom is 0.401 e. The second kappa shape index (κ2) is 6.31. The highest BCUT2D eigenvalue weighted by Crippen LogP contribution is 2.31. The van der Waals surface area contributed by atoms with E-state index in [1.165, 1.54) is 9.80 Å². The molecule has 0 saturated carbocycles. The number of anilines is 1. The highest BCUT2D eigenvalue weighted by molar-refractivity contribution is 5.93. The van der Waals surface area contributed by atoms with Gasteiger partial charge in [0.05, 0.1) is 6.54 Å². The van der Waals surface area contributed by atoms with E-state index in [0.717, 1.165) is 5.56 Å². The zero-order chi connectivity index (χ0) is 17.3. The van der Waals surface area contributed by atoms with Gasteiger partial charge in [0.15, 0.2) is 0 Å². The van der Waals surface area contributed by atoms with Crippen molar-refractivity contribution in [2.24, 2.45) is 0 Å². The highest BCUT2D eigenvalue weighted by atomic mass is 19.4. The van der Waals surface area contributed by atoms with Crippen LogP contribution < -0.4 is 10.6 Å². The third kappa shape index (κ3) is 3.78. The van der Waals surface area contributed by atoms with Crippen molar-refractivity contribution in [3.63, 3.8) is 0 Å². The van der Waals surface area contributed by atoms with Crippen LogP contribution in [0.15, 0.2) is 18.2 Å². The van der Waals surface area contributed by atoms with Gasteiger partial charge >= 0.3 is 12.2 Å². The van der Waals surface area contributed by atoms with Crippen LogP contribution in [0.25, 0.3) is 0 Å². The number of nitrogens with one attached hydrogen (secondary N) is 2. The number of hydrogen-bond acceptors (Lipinski definition) is 3. The molecule has 1 fully saturated rings. The number of halogens is 3. The highest BCUT2D eigenvalue weighted by Gasteiger charge is 2.34. The lowest BCUT2D eigenvalue weighted by atomic mass is 10.1. The van der Waals surface area contributed by atoms with Crippen molar-refractivity contribution in [2.45, 2.75) is 19.3 Å². The minimum atomic E-state index is -4.26. The molecule has 2 heterocycles. The van der Waals surface area contributed by atoms with Gasteiger partial charge in [-0.15, -0.1) is 0 Å². The van der Waals surface area contributed by atoms with Gasteiger partial charge in [-0.3, -0.25) is 9.69 Å². The van der Waals surface area contributed by atoms with Gasteiger partial charge in [-0.1, -0.05) is 12.1 Å². The summed E-state index contributed by atoms with van der Waals surface area (Å²) in [6.07, 6.45) is -4.26. The third-order valence-corrected chi connectivity index (χ3v) is 4.02. The van der Waals surface area contributed by atoms with Crippen LogP contribution >= 0.6 is 0 Å². The van der Waals surface area contributed by atoms with E-state index < -0.39 is 18.8 Å². The maximum absolute atomic E-state index is 12.6. The van der Waals surface area contributed by atoms with Crippen molar-refractivity contribution in [2.75, 3.05) is 31.5 Å². The quantitative estimate of drug-likeness (QED) is 0.857. The molecule has 2 aliphatic rings. The molecular weight excluding hydrogens is 325 g/mol. The molecule has 0 aromatic heterocycles. The Morgan fingerprint density at radius 1 is 1.25 bits per heavy atom. The summed E-state index contributed by atoms with van der Waals surface area (Å²) in [5.41, 5.74) is 1.96. The van der Waals surface area contributed by atoms with Crippen LogP contribution in [0.3, 0.4) is 0 Å². The Morgan fingerprint density at radius 3 is 2.75 bits per heavy atom. The van der Waals surface area contributed by atoms with Crippen molar-refractivity contribution in [1.29, 1.82) is 0 Å². The van der Waals surface area contributed by atoms with Crippen molar-refractivity contribution in [1.82, 2.24) is 15.1 Å². The van der Waals surface area contributed by atoms with Crippen molar-refractivity contribution in [3.05, 3.63) is 29.3 Å². The number of hydrogen-bond donors (Lipinski definition) is 2. The summed E-state index contributed by atoms with van der Waals surface area (Å²) in [4.78, 5) is 26.3. The van der Waals surface area contributed by atoms with E-state index >= 15 is 0 Å². The van der Waals surface area contributed by atoms with Gasteiger partial charge < -0.3 is 15.5 Å². The summed E-state index contributed by atoms with van der Waals surface area (Å²) in [5.74, 6) is -0.231. The van der Waals surface area contributed by atoms with Gasteiger partial charge in [-0.2, -0.15) is 13.2 Å². The molecular formula is C15H17F3N4O2. The van der Waals surface area contributed by atoms with Crippen LogP contribution in [-0.4, -0.2) is 54.1 Å². The summed E-state index contributed by atoms with van der Waals surface area (Å²) in [6, 6.07) is 4.70. The van der Waals surface area contributed by atoms with E-state index in [9.17, 15) is 22.8 Å². The topological polar surface area (TPSA) is 64.7 Å². The van der Waals surface area contributed by atoms with E-state index in [2.05, 4.69) is 10.6 Å². The molecule has 2 N–H and O–H groups in total. The summed E-state index contributed by atoms with van der Waals surface area (Å²) >= 11 is 0. The van der Waals surface area contributed by atoms with E-state index in [-0.39, 0.29) is 25.5 Å². The van der Waals surface area contributed by atoms with Crippen LogP contribution in [-0.2, 0) is 17.9 Å². The van der Waals surface area contributed by atoms with E-state index in [4.69, 9.17) is 0 Å². The molecule has 0 unspecified atom stereocenters. The lowest BCUT2D eigenvalue weighted by Gasteiger charge is -2.27. The predicted molar refractivity (Wildman–Crippen MR) is 80.2 cm³/mol. The van der Waals surface area contributed by atoms with Crippen molar-refractivity contribution in [3.8, 4) is 0 Å². The van der Waals surface area contributed by atoms with E-state index in [1.807, 2.05) is 0 Å². The molecule has 0 aliphatic carbocycles. The molecule has 1 saturated heterocycles. The zero-order valence-electron chi connectivity index (χ0n) is 12.8. The smallest absolute Gasteiger partial charge is 0.353 e. The minimum absolute atomic E-state index is 0.0267. The molecule has 3 amide bonds. The number of urea groups is 1. The fourth-order valence-electron chi connectivity index (χ4n) is 2.98. The Balaban J connectivity index is 1.69. The number of amides is 3. The molecule has 9 heteroatoms. The maximum atomic E-state index is 12.6. The normalized spacial score (nSPS) is 18.3. The predicted octanol–water partition coefficient (Wildman–Crippen LogP) is 1.53. The Bertz CT molecular complexity index is 663. The summed E-state index contributed by atoms with van der Waals surface area (Å²) in [6.45, 7) is 0.101. The molecule has 6 nitrogen and oxygen atoms in total. The first-order valence-electron chi connectivity index (χ1n) is 7.54. The van der Waals surface area contributed by atoms with Crippen LogP contribution in [0.1, 0.15) is 11.1 Å². The number of fused-ring (bicyclic) bond motifs is 1. The van der Waals surface area contributed by atoms with Crippen LogP contribution in [0.2, 0.25) is 0 Å². The summed E-state index contributed by atoms with van der Waals surface area (Å²) in [7, 11) is 0. The number of benzene rings is 1. The van der Waals surface area contributed by atoms with Gasteiger partial charge in [0.25, 0.3) is 0 Å². The second-order valence-corrected chi connectivity index (χ2v) is 5.91. The molecule has 130 valence electrons. The van der Waals surface area contributed by atoms with Crippen LogP contribution in [0, 0.1) is 0 Å². The number of piperazine rings is 1. The molecule has 0 spiro atoms. The average Bonchev–Trinajstić information content (AvgIpc) is 2.88. The van der Waals surface area contributed by atoms with Crippen molar-refractivity contribution >= 4 is 17.6 Å². The lowest BCUT2D eigenvalue weighted by molar-refractivity contribution is -0.147. The monoisotopic (exact) mass is 342 g/mol. The number of rotatable bonds is 2. The van der Waals surface area contributed by atoms with E-state index in [1.54, 1.807) is 18.2 Å². The Labute approximate surface area is 136 Å². The molecule has 0 bridgehead atoms. The molecule has 24 heavy (non-hydrogen) atoms. The first-order chi connectivity index (χ1) is 11.3. The molecule has 0 radical (unpaired) electrons. The van der Waals surface area contributed by atoms with E-state index in [0.29, 0.717) is 24.3 Å². The number of carbonyl (C=O) groups excluding carboxylic acids is 2. The first kappa shape index (κ1) is 16.6. The Hall–Kier alpha value is -2.29. The van der Waals surface area contributed by atoms with Gasteiger partial charge in [-0.05, 0) is 17.2 Å². The fraction of sp³-hybridized carbons (Fsp3) is 0.467. The number of nitrogens with zero attached hydrogens (tertiary/aromatic N) is 2. The Kier molecular flexibility index (Phi) is 4.35. The first-order valence-corrected chi connectivity index (χ1v) is 7.54. The standard InChI is InChI=1S/C15H17F3N4O2/c16-15(17,18)9-21-6-10-2-1-3-12(11(10)7-21)20-14(24)22-5-4-19-13(23)8-22/h1-3H,4-9H2,(H,19,23)(H,20,24). The van der Waals surface area contributed by atoms with Crippen LogP contribution in [0.5, 0.6) is 0 Å². The van der Waals surface area contributed by atoms with Gasteiger partial charge in [0.1, 0.15) is 6.54 Å². The zero-order valence-corrected chi connectivity index (χ0v) is 12.8. The average molecular weight is 342 g/mol. The summed E-state index contributed by atoms with van der Waals surface area (Å²) in [5, 5.41) is 5.34. The van der Waals surface area contributed by atoms with Crippen LogP contribution in [0.4, 0.5) is 23.7 Å². The fourth-order valence-corrected chi connectivity index (χ4v) is 2.98. The molecule has 1 aromatic carbocycles. The number of carbonyl (C=O) groups is 2. The van der Waals surface area contributed by atoms with Gasteiger partial charge in [-0.25, -0.2) is 4.79 Å². The third-order valence-electron chi connectivity index (χ3n) is 4.02. The largest absolute Gasteiger partial charge is 0.401 e. The van der Waals surface area contributed by atoms with Gasteiger partial charge in [0, 0.05) is 31.9 Å². The molecule has 0 atom stereocenters. The Morgan fingerprint density at radius 2 is 2.04 bits per heavy atom. The minimum Gasteiger partial charge on any atom is -0.353 e. The lowest BCUT2D eigenvalue weighted by Crippen LogP contribution is -2.51.